The summed E-state index contributed by atoms with van der Waals surface area (Å²) in [6.45, 7) is 4.44. The monoisotopic (exact) mass is 231 g/mol. The Morgan fingerprint density at radius 2 is 1.88 bits per heavy atom. The van der Waals surface area contributed by atoms with Crippen molar-refractivity contribution in [3.05, 3.63) is 29.3 Å². The lowest BCUT2D eigenvalue weighted by atomic mass is 9.99. The van der Waals surface area contributed by atoms with Gasteiger partial charge in [-0.2, -0.15) is 0 Å². The summed E-state index contributed by atoms with van der Waals surface area (Å²) >= 11 is 0. The minimum Gasteiger partial charge on any atom is -0.382 e. The van der Waals surface area contributed by atoms with Crippen molar-refractivity contribution in [3.63, 3.8) is 0 Å². The fourth-order valence-corrected chi connectivity index (χ4v) is 2.77. The molecule has 0 bridgehead atoms. The highest BCUT2D eigenvalue weighted by molar-refractivity contribution is 5.50. The first kappa shape index (κ1) is 11.1. The third-order valence-corrected chi connectivity index (χ3v) is 3.80. The second-order valence-corrected chi connectivity index (χ2v) is 5.08. The molecule has 3 rings (SSSR count). The van der Waals surface area contributed by atoms with Crippen molar-refractivity contribution in [2.75, 3.05) is 25.0 Å². The molecule has 3 nitrogen and oxygen atoms in total. The number of hydrogen-bond acceptors (Lipinski definition) is 3. The van der Waals surface area contributed by atoms with Crippen molar-refractivity contribution in [2.24, 2.45) is 0 Å². The first-order valence-corrected chi connectivity index (χ1v) is 6.71. The molecule has 2 heterocycles. The topological polar surface area (TPSA) is 36.1 Å². The van der Waals surface area contributed by atoms with E-state index in [1.165, 1.54) is 29.7 Å². The fourth-order valence-electron chi connectivity index (χ4n) is 2.77. The molecule has 1 saturated heterocycles. The summed E-state index contributed by atoms with van der Waals surface area (Å²) in [6.07, 6.45) is 3.63. The molecule has 0 radical (unpaired) electrons. The Hall–Kier alpha value is -1.06. The van der Waals surface area contributed by atoms with Gasteiger partial charge in [-0.1, -0.05) is 6.07 Å². The van der Waals surface area contributed by atoms with Crippen LogP contribution >= 0.6 is 0 Å². The summed E-state index contributed by atoms with van der Waals surface area (Å²) in [6, 6.07) is 7.49. The van der Waals surface area contributed by atoms with Gasteiger partial charge in [0.1, 0.15) is 0 Å². The number of nitrogens with one attached hydrogen (secondary N) is 3. The maximum absolute atomic E-state index is 3.67. The van der Waals surface area contributed by atoms with E-state index in [2.05, 4.69) is 34.1 Å². The van der Waals surface area contributed by atoms with E-state index >= 15 is 0 Å². The quantitative estimate of drug-likeness (QED) is 0.722. The molecule has 0 aliphatic carbocycles. The molecule has 0 amide bonds. The Morgan fingerprint density at radius 1 is 1.00 bits per heavy atom. The number of rotatable bonds is 2. The first-order valence-electron chi connectivity index (χ1n) is 6.71. The third-order valence-electron chi connectivity index (χ3n) is 3.80. The lowest BCUT2D eigenvalue weighted by molar-refractivity contribution is 0.479. The van der Waals surface area contributed by atoms with Crippen LogP contribution in [0.4, 0.5) is 5.69 Å². The smallest absolute Gasteiger partial charge is 0.0345 e. The Morgan fingerprint density at radius 3 is 2.76 bits per heavy atom. The molecule has 1 aromatic rings. The number of benzene rings is 1. The van der Waals surface area contributed by atoms with Crippen molar-refractivity contribution >= 4 is 5.69 Å². The lowest BCUT2D eigenvalue weighted by Gasteiger charge is -2.26. The molecule has 17 heavy (non-hydrogen) atoms. The number of hydrogen-bond donors (Lipinski definition) is 3. The van der Waals surface area contributed by atoms with Gasteiger partial charge in [-0.05, 0) is 62.2 Å². The maximum Gasteiger partial charge on any atom is 0.0345 e. The SMILES string of the molecule is c1cc2c(cc1NC1CCNCC1)CCNC2. The molecule has 1 aromatic carbocycles. The van der Waals surface area contributed by atoms with Crippen LogP contribution in [0.15, 0.2) is 18.2 Å². The summed E-state index contributed by atoms with van der Waals surface area (Å²) in [4.78, 5) is 0. The predicted octanol–water partition coefficient (Wildman–Crippen LogP) is 1.50. The van der Waals surface area contributed by atoms with Crippen LogP contribution in [0.3, 0.4) is 0 Å². The Labute approximate surface area is 103 Å². The van der Waals surface area contributed by atoms with Gasteiger partial charge in [-0.3, -0.25) is 0 Å². The molecule has 92 valence electrons. The molecule has 0 saturated carbocycles. The molecule has 3 heteroatoms. The van der Waals surface area contributed by atoms with Crippen LogP contribution in [-0.4, -0.2) is 25.7 Å². The molecular formula is C14H21N3. The van der Waals surface area contributed by atoms with Crippen LogP contribution in [-0.2, 0) is 13.0 Å². The zero-order chi connectivity index (χ0) is 11.5. The van der Waals surface area contributed by atoms with Crippen LogP contribution in [0.2, 0.25) is 0 Å². The van der Waals surface area contributed by atoms with E-state index in [1.807, 2.05) is 0 Å². The second kappa shape index (κ2) is 5.07. The lowest BCUT2D eigenvalue weighted by Crippen LogP contribution is -2.35. The van der Waals surface area contributed by atoms with Crippen LogP contribution < -0.4 is 16.0 Å². The molecule has 3 N–H and O–H groups in total. The second-order valence-electron chi connectivity index (χ2n) is 5.08. The van der Waals surface area contributed by atoms with Gasteiger partial charge in [0.15, 0.2) is 0 Å². The average molecular weight is 231 g/mol. The van der Waals surface area contributed by atoms with Crippen molar-refractivity contribution < 1.29 is 0 Å². The largest absolute Gasteiger partial charge is 0.382 e. The zero-order valence-corrected chi connectivity index (χ0v) is 10.3. The van der Waals surface area contributed by atoms with Crippen LogP contribution in [0, 0.1) is 0 Å². The highest BCUT2D eigenvalue weighted by atomic mass is 15.0. The first-order chi connectivity index (χ1) is 8.42. The molecule has 0 aromatic heterocycles. The predicted molar refractivity (Wildman–Crippen MR) is 71.4 cm³/mol. The molecule has 1 fully saturated rings. The highest BCUT2D eigenvalue weighted by Crippen LogP contribution is 2.20. The van der Waals surface area contributed by atoms with E-state index in [0.717, 1.165) is 32.6 Å². The van der Waals surface area contributed by atoms with Gasteiger partial charge in [0.05, 0.1) is 0 Å². The number of fused-ring (bicyclic) bond motifs is 1. The van der Waals surface area contributed by atoms with Crippen LogP contribution in [0.5, 0.6) is 0 Å². The maximum atomic E-state index is 3.67. The minimum atomic E-state index is 0.649. The fraction of sp³-hybridized carbons (Fsp3) is 0.571. The van der Waals surface area contributed by atoms with Crippen molar-refractivity contribution in [3.8, 4) is 0 Å². The van der Waals surface area contributed by atoms with Gasteiger partial charge in [0.25, 0.3) is 0 Å². The van der Waals surface area contributed by atoms with E-state index in [-0.39, 0.29) is 0 Å². The van der Waals surface area contributed by atoms with Gasteiger partial charge < -0.3 is 16.0 Å². The summed E-state index contributed by atoms with van der Waals surface area (Å²) < 4.78 is 0. The summed E-state index contributed by atoms with van der Waals surface area (Å²) in [5.41, 5.74) is 4.28. The average Bonchev–Trinajstić information content (AvgIpc) is 2.40. The molecule has 2 aliphatic rings. The van der Waals surface area contributed by atoms with Gasteiger partial charge in [-0.15, -0.1) is 0 Å². The summed E-state index contributed by atoms with van der Waals surface area (Å²) in [7, 11) is 0. The Kier molecular flexibility index (Phi) is 3.29. The highest BCUT2D eigenvalue weighted by Gasteiger charge is 2.14. The van der Waals surface area contributed by atoms with E-state index in [4.69, 9.17) is 0 Å². The Bertz CT molecular complexity index is 383. The van der Waals surface area contributed by atoms with Gasteiger partial charge in [0.2, 0.25) is 0 Å². The van der Waals surface area contributed by atoms with Gasteiger partial charge in [-0.25, -0.2) is 0 Å². The van der Waals surface area contributed by atoms with Crippen LogP contribution in [0.25, 0.3) is 0 Å². The van der Waals surface area contributed by atoms with Gasteiger partial charge in [0, 0.05) is 18.3 Å². The van der Waals surface area contributed by atoms with E-state index in [1.54, 1.807) is 0 Å². The van der Waals surface area contributed by atoms with E-state index in [9.17, 15) is 0 Å². The molecule has 0 atom stereocenters. The van der Waals surface area contributed by atoms with E-state index in [0.29, 0.717) is 6.04 Å². The molecule has 2 aliphatic heterocycles. The minimum absolute atomic E-state index is 0.649. The molecule has 0 unspecified atom stereocenters. The van der Waals surface area contributed by atoms with Crippen molar-refractivity contribution in [1.29, 1.82) is 0 Å². The van der Waals surface area contributed by atoms with Crippen molar-refractivity contribution in [1.82, 2.24) is 10.6 Å². The van der Waals surface area contributed by atoms with E-state index < -0.39 is 0 Å². The van der Waals surface area contributed by atoms with Crippen molar-refractivity contribution in [2.45, 2.75) is 31.8 Å². The summed E-state index contributed by atoms with van der Waals surface area (Å²) in [5, 5.41) is 10.5. The Balaban J connectivity index is 1.70. The molecule has 0 spiro atoms. The number of anilines is 1. The third kappa shape index (κ3) is 2.61. The van der Waals surface area contributed by atoms with Crippen LogP contribution in [0.1, 0.15) is 24.0 Å². The van der Waals surface area contributed by atoms with Gasteiger partial charge >= 0.3 is 0 Å². The summed E-state index contributed by atoms with van der Waals surface area (Å²) in [5.74, 6) is 0. The number of piperidine rings is 1. The standard InChI is InChI=1S/C14H21N3/c1-2-14(17-13-4-7-15-8-5-13)9-11-3-6-16-10-12(1)11/h1-2,9,13,15-17H,3-8,10H2. The normalized spacial score (nSPS) is 20.9. The molecular weight excluding hydrogens is 210 g/mol. The zero-order valence-electron chi connectivity index (χ0n) is 10.3.